The van der Waals surface area contributed by atoms with Gasteiger partial charge in [-0.15, -0.1) is 10.2 Å². The third kappa shape index (κ3) is 1.80. The van der Waals surface area contributed by atoms with E-state index in [9.17, 15) is 0 Å². The third-order valence-corrected chi connectivity index (χ3v) is 3.50. The van der Waals surface area contributed by atoms with E-state index in [4.69, 9.17) is 5.73 Å². The van der Waals surface area contributed by atoms with E-state index in [0.717, 1.165) is 33.7 Å². The van der Waals surface area contributed by atoms with Crippen molar-refractivity contribution in [1.82, 2.24) is 14.9 Å². The Morgan fingerprint density at radius 3 is 2.76 bits per heavy atom. The van der Waals surface area contributed by atoms with Crippen molar-refractivity contribution in [1.29, 1.82) is 0 Å². The number of benzene rings is 1. The van der Waals surface area contributed by atoms with Crippen molar-refractivity contribution in [3.63, 3.8) is 0 Å². The van der Waals surface area contributed by atoms with Crippen LogP contribution in [0.2, 0.25) is 0 Å². The maximum absolute atomic E-state index is 5.67. The molecule has 1 aromatic heterocycles. The van der Waals surface area contributed by atoms with Crippen LogP contribution in [0.4, 0.5) is 5.69 Å². The highest BCUT2D eigenvalue weighted by Crippen LogP contribution is 2.23. The number of hydrogen-bond donors (Lipinski definition) is 1. The molecule has 1 aromatic carbocycles. The maximum Gasteiger partial charge on any atom is 0.212 e. The molecule has 2 heterocycles. The zero-order chi connectivity index (χ0) is 11.8. The van der Waals surface area contributed by atoms with Gasteiger partial charge in [-0.25, -0.2) is 0 Å². The fourth-order valence-corrected chi connectivity index (χ4v) is 2.53. The molecule has 2 N–H and O–H groups in total. The second-order valence-electron chi connectivity index (χ2n) is 3.80. The van der Waals surface area contributed by atoms with Crippen molar-refractivity contribution in [3.05, 3.63) is 35.7 Å². The Labute approximate surface area is 103 Å². The molecular weight excluding hydrogens is 234 g/mol. The fourth-order valence-electron chi connectivity index (χ4n) is 1.64. The van der Waals surface area contributed by atoms with Crippen molar-refractivity contribution in [3.8, 4) is 0 Å². The van der Waals surface area contributed by atoms with Crippen LogP contribution < -0.4 is 5.73 Å². The Morgan fingerprint density at radius 2 is 2.00 bits per heavy atom. The van der Waals surface area contributed by atoms with E-state index in [1.54, 1.807) is 16.4 Å². The zero-order valence-electron chi connectivity index (χ0n) is 9.29. The summed E-state index contributed by atoms with van der Waals surface area (Å²) in [5.74, 6) is 1.61. The van der Waals surface area contributed by atoms with E-state index in [-0.39, 0.29) is 0 Å². The van der Waals surface area contributed by atoms with Crippen LogP contribution in [0.5, 0.6) is 0 Å². The molecule has 0 atom stereocenters. The van der Waals surface area contributed by atoms with E-state index in [2.05, 4.69) is 15.3 Å². The van der Waals surface area contributed by atoms with Gasteiger partial charge in [0.25, 0.3) is 0 Å². The highest BCUT2D eigenvalue weighted by molar-refractivity contribution is 7.99. The van der Waals surface area contributed by atoms with E-state index in [1.165, 1.54) is 0 Å². The lowest BCUT2D eigenvalue weighted by molar-refractivity contribution is 0.734. The molecule has 5 nitrogen and oxygen atoms in total. The van der Waals surface area contributed by atoms with Gasteiger partial charge in [0.15, 0.2) is 5.82 Å². The second-order valence-corrected chi connectivity index (χ2v) is 4.74. The minimum absolute atomic E-state index is 0.763. The Hall–Kier alpha value is -1.82. The number of nitrogens with two attached hydrogens (primary N) is 1. The molecule has 3 rings (SSSR count). The number of aryl methyl sites for hydroxylation is 1. The van der Waals surface area contributed by atoms with E-state index in [1.807, 2.05) is 31.2 Å². The van der Waals surface area contributed by atoms with Crippen LogP contribution in [0.25, 0.3) is 0 Å². The van der Waals surface area contributed by atoms with Crippen LogP contribution in [0.1, 0.15) is 11.4 Å². The van der Waals surface area contributed by atoms with Crippen molar-refractivity contribution >= 4 is 23.2 Å². The average molecular weight is 245 g/mol. The molecule has 0 spiro atoms. The summed E-state index contributed by atoms with van der Waals surface area (Å²) < 4.78 is 1.78. The van der Waals surface area contributed by atoms with Gasteiger partial charge in [-0.1, -0.05) is 23.9 Å². The Kier molecular flexibility index (Phi) is 2.36. The van der Waals surface area contributed by atoms with Crippen LogP contribution in [0.3, 0.4) is 0 Å². The minimum atomic E-state index is 0.763. The molecule has 0 unspecified atom stereocenters. The lowest BCUT2D eigenvalue weighted by Gasteiger charge is -2.13. The number of rotatable bonds is 1. The first-order valence-corrected chi connectivity index (χ1v) is 6.21. The number of hydrogen-bond acceptors (Lipinski definition) is 5. The Bertz CT molecular complexity index is 584. The van der Waals surface area contributed by atoms with Gasteiger partial charge in [-0.3, -0.25) is 0 Å². The first-order valence-electron chi connectivity index (χ1n) is 5.22. The summed E-state index contributed by atoms with van der Waals surface area (Å²) in [4.78, 5) is 0. The fraction of sp³-hybridized carbons (Fsp3) is 0.182. The second kappa shape index (κ2) is 3.89. The molecule has 0 saturated heterocycles. The van der Waals surface area contributed by atoms with Gasteiger partial charge >= 0.3 is 0 Å². The van der Waals surface area contributed by atoms with Crippen LogP contribution in [-0.4, -0.2) is 26.3 Å². The van der Waals surface area contributed by atoms with Crippen LogP contribution in [0, 0.1) is 6.92 Å². The standard InChI is InChI=1S/C11H11N5S/c1-7-13-14-11-16(7)15-10(6-17-11)8-2-4-9(12)5-3-8/h2-5H,6,12H2,1H3. The summed E-state index contributed by atoms with van der Waals surface area (Å²) >= 11 is 1.64. The van der Waals surface area contributed by atoms with Gasteiger partial charge in [0.05, 0.1) is 5.71 Å². The topological polar surface area (TPSA) is 69.1 Å². The average Bonchev–Trinajstić information content (AvgIpc) is 2.72. The van der Waals surface area contributed by atoms with Crippen molar-refractivity contribution in [2.45, 2.75) is 12.1 Å². The van der Waals surface area contributed by atoms with Gasteiger partial charge in [0, 0.05) is 11.4 Å². The molecule has 0 amide bonds. The van der Waals surface area contributed by atoms with Gasteiger partial charge in [0.1, 0.15) is 0 Å². The summed E-state index contributed by atoms with van der Waals surface area (Å²) in [6.45, 7) is 1.90. The van der Waals surface area contributed by atoms with Crippen LogP contribution in [-0.2, 0) is 0 Å². The molecule has 0 saturated carbocycles. The smallest absolute Gasteiger partial charge is 0.212 e. The zero-order valence-corrected chi connectivity index (χ0v) is 10.1. The predicted molar refractivity (Wildman–Crippen MR) is 68.3 cm³/mol. The molecule has 0 bridgehead atoms. The van der Waals surface area contributed by atoms with Crippen molar-refractivity contribution < 1.29 is 0 Å². The summed E-state index contributed by atoms with van der Waals surface area (Å²) in [5.41, 5.74) is 8.54. The van der Waals surface area contributed by atoms with Gasteiger partial charge in [-0.2, -0.15) is 9.78 Å². The highest BCUT2D eigenvalue weighted by atomic mass is 32.2. The van der Waals surface area contributed by atoms with Crippen molar-refractivity contribution in [2.24, 2.45) is 5.10 Å². The molecule has 17 heavy (non-hydrogen) atoms. The van der Waals surface area contributed by atoms with Crippen LogP contribution in [0.15, 0.2) is 34.5 Å². The first-order chi connectivity index (χ1) is 8.24. The number of anilines is 1. The largest absolute Gasteiger partial charge is 0.399 e. The maximum atomic E-state index is 5.67. The van der Waals surface area contributed by atoms with Crippen molar-refractivity contribution in [2.75, 3.05) is 11.5 Å². The summed E-state index contributed by atoms with van der Waals surface area (Å²) in [6.07, 6.45) is 0. The van der Waals surface area contributed by atoms with Crippen LogP contribution >= 0.6 is 11.8 Å². The van der Waals surface area contributed by atoms with Gasteiger partial charge in [-0.05, 0) is 24.6 Å². The Morgan fingerprint density at radius 1 is 1.24 bits per heavy atom. The molecular formula is C11H11N5S. The van der Waals surface area contributed by atoms with E-state index >= 15 is 0 Å². The molecule has 0 aliphatic carbocycles. The molecule has 2 aromatic rings. The first kappa shape index (κ1) is 10.3. The summed E-state index contributed by atoms with van der Waals surface area (Å²) in [6, 6.07) is 7.74. The van der Waals surface area contributed by atoms with E-state index < -0.39 is 0 Å². The van der Waals surface area contributed by atoms with E-state index in [0.29, 0.717) is 0 Å². The normalized spacial score (nSPS) is 14.3. The highest BCUT2D eigenvalue weighted by Gasteiger charge is 2.17. The lowest BCUT2D eigenvalue weighted by Crippen LogP contribution is -2.13. The number of aromatic nitrogens is 3. The van der Waals surface area contributed by atoms with Gasteiger partial charge < -0.3 is 5.73 Å². The quantitative estimate of drug-likeness (QED) is 0.773. The molecule has 1 aliphatic rings. The minimum Gasteiger partial charge on any atom is -0.399 e. The molecule has 0 fully saturated rings. The molecule has 1 aliphatic heterocycles. The number of nitrogen functional groups attached to an aromatic ring is 1. The number of fused-ring (bicyclic) bond motifs is 1. The SMILES string of the molecule is Cc1nnc2n1N=C(c1ccc(N)cc1)CS2. The lowest BCUT2D eigenvalue weighted by atomic mass is 10.1. The number of nitrogens with zero attached hydrogens (tertiary/aromatic N) is 4. The predicted octanol–water partition coefficient (Wildman–Crippen LogP) is 1.53. The number of thioether (sulfide) groups is 1. The monoisotopic (exact) mass is 245 g/mol. The summed E-state index contributed by atoms with van der Waals surface area (Å²) in [5, 5.41) is 13.5. The molecule has 6 heteroatoms. The third-order valence-electron chi connectivity index (χ3n) is 2.57. The Balaban J connectivity index is 2.03. The molecule has 0 radical (unpaired) electrons. The van der Waals surface area contributed by atoms with Gasteiger partial charge in [0.2, 0.25) is 5.16 Å². The molecule has 86 valence electrons. The summed E-state index contributed by atoms with van der Waals surface area (Å²) in [7, 11) is 0.